The molecule has 0 bridgehead atoms. The molecule has 1 amide bonds. The van der Waals surface area contributed by atoms with Crippen molar-refractivity contribution in [2.45, 2.75) is 6.92 Å². The monoisotopic (exact) mass is 310 g/mol. The number of carbonyl (C=O) groups excluding carboxylic acids is 1. The predicted octanol–water partition coefficient (Wildman–Crippen LogP) is 3.65. The van der Waals surface area contributed by atoms with Gasteiger partial charge in [0.1, 0.15) is 0 Å². The number of nitrogens with one attached hydrogen (secondary N) is 1. The summed E-state index contributed by atoms with van der Waals surface area (Å²) in [5.74, 6) is -0.111. The van der Waals surface area contributed by atoms with Crippen LogP contribution in [0.5, 0.6) is 0 Å². The van der Waals surface area contributed by atoms with Gasteiger partial charge in [-0.1, -0.05) is 0 Å². The number of carbonyl (C=O) groups is 1. The smallest absolute Gasteiger partial charge is 0.256 e. The van der Waals surface area contributed by atoms with Crippen molar-refractivity contribution < 1.29 is 4.79 Å². The first-order valence-electron chi connectivity index (χ1n) is 4.98. The van der Waals surface area contributed by atoms with Crippen LogP contribution in [0.25, 0.3) is 0 Å². The van der Waals surface area contributed by atoms with Gasteiger partial charge >= 0.3 is 0 Å². The molecule has 0 atom stereocenters. The molecule has 0 aliphatic heterocycles. The summed E-state index contributed by atoms with van der Waals surface area (Å²) in [4.78, 5) is 11.9. The molecule has 2 aromatic rings. The van der Waals surface area contributed by atoms with Crippen molar-refractivity contribution in [3.63, 3.8) is 0 Å². The Bertz CT molecular complexity index is 565. The number of aryl methyl sites for hydroxylation is 1. The molecule has 3 N–H and O–H groups in total. The average Bonchev–Trinajstić information content (AvgIpc) is 2.69. The molecule has 0 radical (unpaired) electrons. The lowest BCUT2D eigenvalue weighted by atomic mass is 10.1. The standard InChI is InChI=1S/C12H11BrN2OS/c1-7-4-9(14)2-3-10(7)15-12(16)8-5-11(13)17-6-8/h2-6H,14H2,1H3,(H,15,16). The maximum Gasteiger partial charge on any atom is 0.256 e. The van der Waals surface area contributed by atoms with Crippen LogP contribution < -0.4 is 11.1 Å². The summed E-state index contributed by atoms with van der Waals surface area (Å²) in [6, 6.07) is 7.21. The van der Waals surface area contributed by atoms with Crippen LogP contribution in [-0.4, -0.2) is 5.91 Å². The number of hydrogen-bond donors (Lipinski definition) is 2. The van der Waals surface area contributed by atoms with E-state index in [1.54, 1.807) is 12.1 Å². The van der Waals surface area contributed by atoms with Gasteiger partial charge < -0.3 is 11.1 Å². The molecule has 1 aromatic heterocycles. The van der Waals surface area contributed by atoms with Gasteiger partial charge in [-0.2, -0.15) is 0 Å². The molecule has 3 nitrogen and oxygen atoms in total. The number of halogens is 1. The molecule has 0 spiro atoms. The minimum Gasteiger partial charge on any atom is -0.399 e. The quantitative estimate of drug-likeness (QED) is 0.832. The van der Waals surface area contributed by atoms with E-state index in [1.165, 1.54) is 11.3 Å². The van der Waals surface area contributed by atoms with E-state index in [0.29, 0.717) is 11.3 Å². The summed E-state index contributed by atoms with van der Waals surface area (Å²) in [6.45, 7) is 1.91. The third-order valence-corrected chi connectivity index (χ3v) is 3.83. The maximum atomic E-state index is 11.9. The molecular formula is C12H11BrN2OS. The van der Waals surface area contributed by atoms with Crippen LogP contribution >= 0.6 is 27.3 Å². The fourth-order valence-corrected chi connectivity index (χ4v) is 2.59. The van der Waals surface area contributed by atoms with E-state index < -0.39 is 0 Å². The average molecular weight is 311 g/mol. The van der Waals surface area contributed by atoms with Gasteiger partial charge in [-0.05, 0) is 52.7 Å². The van der Waals surface area contributed by atoms with E-state index in [4.69, 9.17) is 5.73 Å². The summed E-state index contributed by atoms with van der Waals surface area (Å²) in [6.07, 6.45) is 0. The van der Waals surface area contributed by atoms with Crippen molar-refractivity contribution in [2.24, 2.45) is 0 Å². The Morgan fingerprint density at radius 3 is 2.76 bits per heavy atom. The second kappa shape index (κ2) is 4.89. The fourth-order valence-electron chi connectivity index (χ4n) is 1.45. The predicted molar refractivity (Wildman–Crippen MR) is 75.6 cm³/mol. The van der Waals surface area contributed by atoms with Gasteiger partial charge in [0.2, 0.25) is 0 Å². The van der Waals surface area contributed by atoms with Gasteiger partial charge in [-0.25, -0.2) is 0 Å². The Hall–Kier alpha value is -1.33. The van der Waals surface area contributed by atoms with E-state index in [0.717, 1.165) is 15.0 Å². The van der Waals surface area contributed by atoms with Crippen LogP contribution in [0.4, 0.5) is 11.4 Å². The minimum atomic E-state index is -0.111. The Balaban J connectivity index is 2.18. The SMILES string of the molecule is Cc1cc(N)ccc1NC(=O)c1csc(Br)c1. The number of rotatable bonds is 2. The molecule has 2 rings (SSSR count). The van der Waals surface area contributed by atoms with Gasteiger partial charge in [0.25, 0.3) is 5.91 Å². The van der Waals surface area contributed by atoms with Crippen molar-refractivity contribution in [2.75, 3.05) is 11.1 Å². The van der Waals surface area contributed by atoms with Crippen molar-refractivity contribution in [3.05, 3.63) is 44.6 Å². The first-order chi connectivity index (χ1) is 8.06. The Labute approximate surface area is 112 Å². The minimum absolute atomic E-state index is 0.111. The van der Waals surface area contributed by atoms with Crippen LogP contribution in [0.3, 0.4) is 0 Å². The highest BCUT2D eigenvalue weighted by molar-refractivity contribution is 9.11. The molecule has 88 valence electrons. The van der Waals surface area contributed by atoms with Gasteiger partial charge in [0.05, 0.1) is 9.35 Å². The number of anilines is 2. The molecule has 1 aromatic carbocycles. The number of nitrogens with two attached hydrogens (primary N) is 1. The van der Waals surface area contributed by atoms with E-state index >= 15 is 0 Å². The molecule has 0 unspecified atom stereocenters. The molecule has 5 heteroatoms. The maximum absolute atomic E-state index is 11.9. The Morgan fingerprint density at radius 2 is 2.18 bits per heavy atom. The van der Waals surface area contributed by atoms with Crippen LogP contribution in [0.1, 0.15) is 15.9 Å². The lowest BCUT2D eigenvalue weighted by molar-refractivity contribution is 0.102. The van der Waals surface area contributed by atoms with Crippen molar-refractivity contribution in [1.29, 1.82) is 0 Å². The molecule has 17 heavy (non-hydrogen) atoms. The zero-order valence-electron chi connectivity index (χ0n) is 9.16. The van der Waals surface area contributed by atoms with E-state index in [2.05, 4.69) is 21.2 Å². The van der Waals surface area contributed by atoms with Gasteiger partial charge in [0.15, 0.2) is 0 Å². The molecule has 0 saturated heterocycles. The fraction of sp³-hybridized carbons (Fsp3) is 0.0833. The largest absolute Gasteiger partial charge is 0.399 e. The van der Waals surface area contributed by atoms with E-state index in [1.807, 2.05) is 24.4 Å². The number of nitrogen functional groups attached to an aromatic ring is 1. The molecule has 0 fully saturated rings. The highest BCUT2D eigenvalue weighted by Gasteiger charge is 2.09. The molecular weight excluding hydrogens is 300 g/mol. The first-order valence-corrected chi connectivity index (χ1v) is 6.65. The third-order valence-electron chi connectivity index (χ3n) is 2.33. The summed E-state index contributed by atoms with van der Waals surface area (Å²) in [5.41, 5.74) is 8.74. The van der Waals surface area contributed by atoms with Gasteiger partial charge in [0, 0.05) is 16.8 Å². The number of benzene rings is 1. The molecule has 0 saturated carbocycles. The van der Waals surface area contributed by atoms with Crippen LogP contribution in [0, 0.1) is 6.92 Å². The summed E-state index contributed by atoms with van der Waals surface area (Å²) in [5, 5.41) is 4.67. The lowest BCUT2D eigenvalue weighted by Gasteiger charge is -2.07. The van der Waals surface area contributed by atoms with Crippen molar-refractivity contribution in [3.8, 4) is 0 Å². The molecule has 1 heterocycles. The topological polar surface area (TPSA) is 55.1 Å². The number of hydrogen-bond acceptors (Lipinski definition) is 3. The zero-order chi connectivity index (χ0) is 12.4. The lowest BCUT2D eigenvalue weighted by Crippen LogP contribution is -2.11. The van der Waals surface area contributed by atoms with Crippen LogP contribution in [0.15, 0.2) is 33.4 Å². The van der Waals surface area contributed by atoms with E-state index in [-0.39, 0.29) is 5.91 Å². The van der Waals surface area contributed by atoms with Crippen molar-refractivity contribution in [1.82, 2.24) is 0 Å². The van der Waals surface area contributed by atoms with Crippen LogP contribution in [-0.2, 0) is 0 Å². The normalized spacial score (nSPS) is 10.2. The summed E-state index contributed by atoms with van der Waals surface area (Å²) < 4.78 is 0.941. The first kappa shape index (κ1) is 12.1. The van der Waals surface area contributed by atoms with E-state index in [9.17, 15) is 4.79 Å². The Morgan fingerprint density at radius 1 is 1.41 bits per heavy atom. The second-order valence-electron chi connectivity index (χ2n) is 3.67. The summed E-state index contributed by atoms with van der Waals surface area (Å²) >= 11 is 4.82. The summed E-state index contributed by atoms with van der Waals surface area (Å²) in [7, 11) is 0. The highest BCUT2D eigenvalue weighted by atomic mass is 79.9. The van der Waals surface area contributed by atoms with Crippen molar-refractivity contribution >= 4 is 44.5 Å². The Kier molecular flexibility index (Phi) is 3.49. The van der Waals surface area contributed by atoms with Gasteiger partial charge in [-0.15, -0.1) is 11.3 Å². The molecule has 0 aliphatic rings. The number of amides is 1. The second-order valence-corrected chi connectivity index (χ2v) is 5.96. The third kappa shape index (κ3) is 2.87. The van der Waals surface area contributed by atoms with Crippen LogP contribution in [0.2, 0.25) is 0 Å². The van der Waals surface area contributed by atoms with Gasteiger partial charge in [-0.3, -0.25) is 4.79 Å². The highest BCUT2D eigenvalue weighted by Crippen LogP contribution is 2.23. The zero-order valence-corrected chi connectivity index (χ0v) is 11.6. The number of thiophene rings is 1. The molecule has 0 aliphatic carbocycles.